The van der Waals surface area contributed by atoms with Crippen LogP contribution in [0.1, 0.15) is 30.5 Å². The Kier molecular flexibility index (Phi) is 9.32. The van der Waals surface area contributed by atoms with Crippen molar-refractivity contribution in [3.8, 4) is 5.75 Å². The van der Waals surface area contributed by atoms with E-state index in [0.717, 1.165) is 18.4 Å². The molecular weight excluding hydrogens is 523 g/mol. The van der Waals surface area contributed by atoms with E-state index in [0.29, 0.717) is 42.2 Å². The maximum Gasteiger partial charge on any atom is 0.416 e. The van der Waals surface area contributed by atoms with Crippen molar-refractivity contribution in [2.75, 3.05) is 37.7 Å². The fourth-order valence-electron chi connectivity index (χ4n) is 4.41. The molecule has 2 N–H and O–H groups in total. The van der Waals surface area contributed by atoms with Gasteiger partial charge in [-0.3, -0.25) is 14.4 Å². The van der Waals surface area contributed by atoms with Crippen LogP contribution in [-0.2, 0) is 34.0 Å². The summed E-state index contributed by atoms with van der Waals surface area (Å²) < 4.78 is 70.9. The molecule has 0 spiro atoms. The van der Waals surface area contributed by atoms with Crippen LogP contribution in [0.15, 0.2) is 42.5 Å². The summed E-state index contributed by atoms with van der Waals surface area (Å²) in [6.07, 6.45) is -3.82. The number of hydrogen-bond donors (Lipinski definition) is 2. The summed E-state index contributed by atoms with van der Waals surface area (Å²) in [5, 5.41) is 9.76. The molecule has 210 valence electrons. The number of alkyl halides is 3. The van der Waals surface area contributed by atoms with Gasteiger partial charge >= 0.3 is 6.18 Å². The van der Waals surface area contributed by atoms with Crippen molar-refractivity contribution < 1.29 is 36.2 Å². The molecular formula is C26H34F3N3O5S. The number of benzene rings is 2. The van der Waals surface area contributed by atoms with Gasteiger partial charge in [-0.05, 0) is 49.9 Å². The molecule has 1 heterocycles. The van der Waals surface area contributed by atoms with Crippen LogP contribution in [0.4, 0.5) is 18.9 Å². The third-order valence-electron chi connectivity index (χ3n) is 6.45. The van der Waals surface area contributed by atoms with Gasteiger partial charge in [0.1, 0.15) is 11.9 Å². The minimum absolute atomic E-state index is 0.0419. The summed E-state index contributed by atoms with van der Waals surface area (Å²) in [7, 11) is -1.70. The quantitative estimate of drug-likeness (QED) is 0.517. The molecule has 0 aromatic heterocycles. The average Bonchev–Trinajstić information content (AvgIpc) is 2.85. The second-order valence-corrected chi connectivity index (χ2v) is 11.7. The van der Waals surface area contributed by atoms with Crippen molar-refractivity contribution in [2.24, 2.45) is 5.92 Å². The molecule has 1 aliphatic rings. The first-order valence-electron chi connectivity index (χ1n) is 12.2. The lowest BCUT2D eigenvalue weighted by Gasteiger charge is -2.34. The Balaban J connectivity index is 1.87. The highest BCUT2D eigenvalue weighted by molar-refractivity contribution is 7.92. The van der Waals surface area contributed by atoms with Gasteiger partial charge in [0.05, 0.1) is 30.9 Å². The third-order valence-corrected chi connectivity index (χ3v) is 7.05. The van der Waals surface area contributed by atoms with E-state index in [2.05, 4.69) is 4.72 Å². The molecule has 2 aromatic rings. The van der Waals surface area contributed by atoms with Crippen LogP contribution in [0.2, 0.25) is 0 Å². The Hall–Kier alpha value is -2.83. The summed E-state index contributed by atoms with van der Waals surface area (Å²) >= 11 is 0. The molecule has 2 aromatic carbocycles. The summed E-state index contributed by atoms with van der Waals surface area (Å²) in [5.74, 6) is 0.0528. The van der Waals surface area contributed by atoms with Gasteiger partial charge < -0.3 is 14.7 Å². The lowest BCUT2D eigenvalue weighted by molar-refractivity contribution is -0.137. The number of aliphatic hydroxyl groups is 1. The Morgan fingerprint density at radius 2 is 1.87 bits per heavy atom. The molecule has 0 unspecified atom stereocenters. The molecule has 0 radical (unpaired) electrons. The van der Waals surface area contributed by atoms with Crippen molar-refractivity contribution in [1.29, 1.82) is 0 Å². The summed E-state index contributed by atoms with van der Waals surface area (Å²) in [6, 6.07) is 9.31. The van der Waals surface area contributed by atoms with Crippen LogP contribution >= 0.6 is 0 Å². The molecule has 1 aliphatic heterocycles. The van der Waals surface area contributed by atoms with Crippen LogP contribution < -0.4 is 9.46 Å². The highest BCUT2D eigenvalue weighted by atomic mass is 32.2. The smallest absolute Gasteiger partial charge is 0.416 e. The maximum absolute atomic E-state index is 13.2. The Labute approximate surface area is 221 Å². The summed E-state index contributed by atoms with van der Waals surface area (Å²) in [5.41, 5.74) is 0.802. The van der Waals surface area contributed by atoms with Crippen molar-refractivity contribution in [1.82, 2.24) is 9.80 Å². The topological polar surface area (TPSA) is 99.2 Å². The van der Waals surface area contributed by atoms with Crippen LogP contribution in [0.25, 0.3) is 0 Å². The molecule has 3 rings (SSSR count). The number of halogens is 3. The number of nitrogens with zero attached hydrogens (tertiary/aromatic N) is 2. The lowest BCUT2D eigenvalue weighted by atomic mass is 10.0. The van der Waals surface area contributed by atoms with Gasteiger partial charge in [0.2, 0.25) is 15.9 Å². The number of likely N-dealkylation sites (N-methyl/N-ethyl adjacent to an activating group) is 1. The minimum atomic E-state index is -4.40. The van der Waals surface area contributed by atoms with Crippen LogP contribution in [0.3, 0.4) is 0 Å². The highest BCUT2D eigenvalue weighted by Gasteiger charge is 2.32. The molecule has 12 heteroatoms. The first-order valence-corrected chi connectivity index (χ1v) is 14.1. The number of carbonyl (C=O) groups excluding carboxylic acids is 1. The molecule has 0 fully saturated rings. The standard InChI is InChI=1S/C26H34F3N3O5S/c1-17-13-32(18(2)16-33)25(34)12-20-11-22(30-38(4,35)36)9-10-23(20)37-24(17)15-31(3)14-19-5-7-21(8-6-19)26(27,28)29/h5-11,17-18,24,30,33H,12-16H2,1-4H3/t17-,18+,24-/m1/s1. The summed E-state index contributed by atoms with van der Waals surface area (Å²) in [4.78, 5) is 16.8. The fraction of sp³-hybridized carbons (Fsp3) is 0.500. The largest absolute Gasteiger partial charge is 0.488 e. The molecule has 1 amide bonds. The molecule has 8 nitrogen and oxygen atoms in total. The van der Waals surface area contributed by atoms with Crippen molar-refractivity contribution >= 4 is 21.6 Å². The molecule has 38 heavy (non-hydrogen) atoms. The Morgan fingerprint density at radius 1 is 1.21 bits per heavy atom. The molecule has 0 saturated heterocycles. The van der Waals surface area contributed by atoms with Crippen molar-refractivity contribution in [3.05, 3.63) is 59.2 Å². The fourth-order valence-corrected chi connectivity index (χ4v) is 4.96. The highest BCUT2D eigenvalue weighted by Crippen LogP contribution is 2.31. The number of rotatable bonds is 8. The van der Waals surface area contributed by atoms with Gasteiger partial charge in [0, 0.05) is 36.8 Å². The van der Waals surface area contributed by atoms with E-state index in [1.54, 1.807) is 30.0 Å². The third kappa shape index (κ3) is 8.08. The monoisotopic (exact) mass is 557 g/mol. The van der Waals surface area contributed by atoms with Gasteiger partial charge in [-0.2, -0.15) is 13.2 Å². The number of ether oxygens (including phenoxy) is 1. The van der Waals surface area contributed by atoms with Gasteiger partial charge in [-0.1, -0.05) is 19.1 Å². The van der Waals surface area contributed by atoms with E-state index in [1.165, 1.54) is 12.1 Å². The lowest BCUT2D eigenvalue weighted by Crippen LogP contribution is -2.47. The van der Waals surface area contributed by atoms with E-state index in [1.807, 2.05) is 18.9 Å². The normalized spacial score (nSPS) is 19.7. The van der Waals surface area contributed by atoms with Crippen LogP contribution in [0, 0.1) is 5.92 Å². The number of amides is 1. The number of sulfonamides is 1. The first kappa shape index (κ1) is 29.7. The van der Waals surface area contributed by atoms with E-state index < -0.39 is 33.9 Å². The SMILES string of the molecule is C[C@@H]1CN([C@@H](C)CO)C(=O)Cc2cc(NS(C)(=O)=O)ccc2O[C@@H]1CN(C)Cc1ccc(C(F)(F)F)cc1. The zero-order valence-corrected chi connectivity index (χ0v) is 22.6. The molecule has 0 bridgehead atoms. The average molecular weight is 558 g/mol. The molecule has 0 saturated carbocycles. The molecule has 3 atom stereocenters. The van der Waals surface area contributed by atoms with E-state index in [-0.39, 0.29) is 24.9 Å². The first-order chi connectivity index (χ1) is 17.7. The number of aliphatic hydroxyl groups excluding tert-OH is 1. The second-order valence-electron chi connectivity index (χ2n) is 9.98. The van der Waals surface area contributed by atoms with Crippen LogP contribution in [0.5, 0.6) is 5.75 Å². The number of carbonyl (C=O) groups is 1. The van der Waals surface area contributed by atoms with E-state index in [9.17, 15) is 31.5 Å². The predicted molar refractivity (Wildman–Crippen MR) is 138 cm³/mol. The summed E-state index contributed by atoms with van der Waals surface area (Å²) in [6.45, 7) is 4.57. The number of hydrogen-bond acceptors (Lipinski definition) is 6. The zero-order chi connectivity index (χ0) is 28.3. The maximum atomic E-state index is 13.2. The Morgan fingerprint density at radius 3 is 2.45 bits per heavy atom. The van der Waals surface area contributed by atoms with Crippen molar-refractivity contribution in [3.63, 3.8) is 0 Å². The van der Waals surface area contributed by atoms with Crippen LogP contribution in [-0.4, -0.2) is 74.4 Å². The number of anilines is 1. The zero-order valence-electron chi connectivity index (χ0n) is 21.8. The van der Waals surface area contributed by atoms with E-state index >= 15 is 0 Å². The van der Waals surface area contributed by atoms with Gasteiger partial charge in [0.25, 0.3) is 0 Å². The minimum Gasteiger partial charge on any atom is -0.488 e. The Bertz CT molecular complexity index is 1220. The molecule has 0 aliphatic carbocycles. The van der Waals surface area contributed by atoms with Crippen molar-refractivity contribution in [2.45, 2.75) is 45.1 Å². The second kappa shape index (κ2) is 11.9. The van der Waals surface area contributed by atoms with Gasteiger partial charge in [0.15, 0.2) is 0 Å². The van der Waals surface area contributed by atoms with Gasteiger partial charge in [-0.15, -0.1) is 0 Å². The number of nitrogens with one attached hydrogen (secondary N) is 1. The predicted octanol–water partition coefficient (Wildman–Crippen LogP) is 3.36. The van der Waals surface area contributed by atoms with Gasteiger partial charge in [-0.25, -0.2) is 8.42 Å². The van der Waals surface area contributed by atoms with E-state index in [4.69, 9.17) is 4.74 Å². The number of fused-ring (bicyclic) bond motifs is 1.